The molecular weight excluding hydrogens is 140 g/mol. The first-order chi connectivity index (χ1) is 5.31. The van der Waals surface area contributed by atoms with Gasteiger partial charge in [0.25, 0.3) is 0 Å². The van der Waals surface area contributed by atoms with Gasteiger partial charge in [-0.2, -0.15) is 0 Å². The Morgan fingerprint density at radius 3 is 2.82 bits per heavy atom. The first-order valence-electron chi connectivity index (χ1n) is 4.65. The van der Waals surface area contributed by atoms with E-state index in [4.69, 9.17) is 4.74 Å². The van der Waals surface area contributed by atoms with Crippen LogP contribution in [0.5, 0.6) is 0 Å². The lowest BCUT2D eigenvalue weighted by atomic mass is 9.78. The summed E-state index contributed by atoms with van der Waals surface area (Å²) in [6, 6.07) is 0. The molecule has 1 aliphatic carbocycles. The van der Waals surface area contributed by atoms with Gasteiger partial charge in [-0.1, -0.05) is 12.8 Å². The van der Waals surface area contributed by atoms with E-state index in [0.717, 1.165) is 32.3 Å². The molecule has 2 nitrogen and oxygen atoms in total. The highest BCUT2D eigenvalue weighted by Crippen LogP contribution is 2.36. The van der Waals surface area contributed by atoms with E-state index in [9.17, 15) is 5.11 Å². The van der Waals surface area contributed by atoms with Crippen LogP contribution in [0, 0.1) is 0 Å². The third-order valence-electron chi connectivity index (χ3n) is 3.00. The van der Waals surface area contributed by atoms with Crippen LogP contribution in [-0.4, -0.2) is 23.4 Å². The number of hydrogen-bond donors (Lipinski definition) is 1. The fourth-order valence-corrected chi connectivity index (χ4v) is 2.32. The van der Waals surface area contributed by atoms with Gasteiger partial charge in [0, 0.05) is 6.61 Å². The normalized spacial score (nSPS) is 45.0. The molecule has 0 bridgehead atoms. The standard InChI is InChI=1S/C9H16O2/c10-9-5-2-1-4-8(9)11-7-3-6-9/h8,10H,1-7H2/t8?,9-/m0/s1. The van der Waals surface area contributed by atoms with Gasteiger partial charge in [-0.3, -0.25) is 0 Å². The van der Waals surface area contributed by atoms with Gasteiger partial charge in [-0.25, -0.2) is 0 Å². The largest absolute Gasteiger partial charge is 0.387 e. The van der Waals surface area contributed by atoms with Crippen molar-refractivity contribution in [2.24, 2.45) is 0 Å². The summed E-state index contributed by atoms with van der Waals surface area (Å²) in [5.74, 6) is 0. The van der Waals surface area contributed by atoms with Crippen LogP contribution in [0.15, 0.2) is 0 Å². The van der Waals surface area contributed by atoms with Gasteiger partial charge >= 0.3 is 0 Å². The maximum Gasteiger partial charge on any atom is 0.0909 e. The zero-order valence-corrected chi connectivity index (χ0v) is 6.88. The molecule has 0 aromatic rings. The molecule has 0 aromatic heterocycles. The van der Waals surface area contributed by atoms with Gasteiger partial charge in [0.1, 0.15) is 0 Å². The number of fused-ring (bicyclic) bond motifs is 1. The monoisotopic (exact) mass is 156 g/mol. The predicted octanol–water partition coefficient (Wildman–Crippen LogP) is 1.47. The van der Waals surface area contributed by atoms with Gasteiger partial charge in [-0.05, 0) is 25.7 Å². The number of hydrogen-bond acceptors (Lipinski definition) is 2. The fourth-order valence-electron chi connectivity index (χ4n) is 2.32. The minimum atomic E-state index is -0.448. The van der Waals surface area contributed by atoms with Crippen molar-refractivity contribution in [2.75, 3.05) is 6.61 Å². The Balaban J connectivity index is 2.06. The lowest BCUT2D eigenvalue weighted by molar-refractivity contribution is -0.163. The molecule has 0 spiro atoms. The molecule has 2 fully saturated rings. The van der Waals surface area contributed by atoms with Gasteiger partial charge in [-0.15, -0.1) is 0 Å². The van der Waals surface area contributed by atoms with Gasteiger partial charge < -0.3 is 9.84 Å². The smallest absolute Gasteiger partial charge is 0.0909 e. The Bertz CT molecular complexity index is 132. The molecule has 1 aliphatic heterocycles. The molecule has 2 heteroatoms. The first-order valence-corrected chi connectivity index (χ1v) is 4.65. The average molecular weight is 156 g/mol. The summed E-state index contributed by atoms with van der Waals surface area (Å²) in [4.78, 5) is 0. The Kier molecular flexibility index (Phi) is 1.90. The van der Waals surface area contributed by atoms with Crippen molar-refractivity contribution in [3.05, 3.63) is 0 Å². The van der Waals surface area contributed by atoms with Crippen molar-refractivity contribution >= 4 is 0 Å². The summed E-state index contributed by atoms with van der Waals surface area (Å²) >= 11 is 0. The zero-order valence-electron chi connectivity index (χ0n) is 6.88. The molecule has 11 heavy (non-hydrogen) atoms. The van der Waals surface area contributed by atoms with E-state index in [2.05, 4.69) is 0 Å². The van der Waals surface area contributed by atoms with Crippen molar-refractivity contribution < 1.29 is 9.84 Å². The maximum atomic E-state index is 10.1. The summed E-state index contributed by atoms with van der Waals surface area (Å²) < 4.78 is 5.53. The first kappa shape index (κ1) is 7.56. The van der Waals surface area contributed by atoms with Gasteiger partial charge in [0.05, 0.1) is 11.7 Å². The number of aliphatic hydroxyl groups is 1. The predicted molar refractivity (Wildman–Crippen MR) is 42.4 cm³/mol. The molecule has 2 aliphatic rings. The van der Waals surface area contributed by atoms with E-state index in [1.165, 1.54) is 12.8 Å². The van der Waals surface area contributed by atoms with Crippen LogP contribution in [0.4, 0.5) is 0 Å². The molecular formula is C9H16O2. The summed E-state index contributed by atoms with van der Waals surface area (Å²) in [5, 5.41) is 10.1. The highest BCUT2D eigenvalue weighted by Gasteiger charge is 2.41. The second-order valence-electron chi connectivity index (χ2n) is 3.81. The SMILES string of the molecule is O[C@]12CCCCC1OCCC2. The number of rotatable bonds is 0. The molecule has 0 radical (unpaired) electrons. The second kappa shape index (κ2) is 2.76. The molecule has 2 atom stereocenters. The topological polar surface area (TPSA) is 29.5 Å². The van der Waals surface area contributed by atoms with E-state index in [-0.39, 0.29) is 6.10 Å². The van der Waals surface area contributed by atoms with Crippen molar-refractivity contribution in [1.29, 1.82) is 0 Å². The highest BCUT2D eigenvalue weighted by molar-refractivity contribution is 4.93. The van der Waals surface area contributed by atoms with Crippen LogP contribution in [0.2, 0.25) is 0 Å². The molecule has 1 saturated carbocycles. The van der Waals surface area contributed by atoms with Crippen LogP contribution in [-0.2, 0) is 4.74 Å². The summed E-state index contributed by atoms with van der Waals surface area (Å²) in [7, 11) is 0. The molecule has 1 unspecified atom stereocenters. The molecule has 64 valence electrons. The summed E-state index contributed by atoms with van der Waals surface area (Å²) in [6.07, 6.45) is 6.58. The van der Waals surface area contributed by atoms with Gasteiger partial charge in [0.2, 0.25) is 0 Å². The van der Waals surface area contributed by atoms with Crippen LogP contribution < -0.4 is 0 Å². The minimum Gasteiger partial charge on any atom is -0.387 e. The van der Waals surface area contributed by atoms with E-state index in [0.29, 0.717) is 0 Å². The van der Waals surface area contributed by atoms with Crippen LogP contribution in [0.25, 0.3) is 0 Å². The Morgan fingerprint density at radius 2 is 2.00 bits per heavy atom. The van der Waals surface area contributed by atoms with Gasteiger partial charge in [0.15, 0.2) is 0 Å². The van der Waals surface area contributed by atoms with E-state index >= 15 is 0 Å². The summed E-state index contributed by atoms with van der Waals surface area (Å²) in [5.41, 5.74) is -0.448. The van der Waals surface area contributed by atoms with E-state index < -0.39 is 5.60 Å². The Hall–Kier alpha value is -0.0800. The van der Waals surface area contributed by atoms with Crippen LogP contribution >= 0.6 is 0 Å². The molecule has 0 aromatic carbocycles. The Morgan fingerprint density at radius 1 is 1.18 bits per heavy atom. The maximum absolute atomic E-state index is 10.1. The summed E-state index contributed by atoms with van der Waals surface area (Å²) in [6.45, 7) is 0.854. The van der Waals surface area contributed by atoms with Crippen molar-refractivity contribution in [3.63, 3.8) is 0 Å². The van der Waals surface area contributed by atoms with E-state index in [1.54, 1.807) is 0 Å². The molecule has 0 amide bonds. The van der Waals surface area contributed by atoms with Crippen molar-refractivity contribution in [3.8, 4) is 0 Å². The second-order valence-corrected chi connectivity index (χ2v) is 3.81. The minimum absolute atomic E-state index is 0.157. The molecule has 1 saturated heterocycles. The zero-order chi connectivity index (χ0) is 7.73. The third-order valence-corrected chi connectivity index (χ3v) is 3.00. The highest BCUT2D eigenvalue weighted by atomic mass is 16.5. The lowest BCUT2D eigenvalue weighted by Gasteiger charge is -2.43. The van der Waals surface area contributed by atoms with Crippen LogP contribution in [0.3, 0.4) is 0 Å². The average Bonchev–Trinajstić information content (AvgIpc) is 2.03. The number of ether oxygens (including phenoxy) is 1. The fraction of sp³-hybridized carbons (Fsp3) is 1.00. The third kappa shape index (κ3) is 1.30. The molecule has 2 rings (SSSR count). The Labute approximate surface area is 67.6 Å². The lowest BCUT2D eigenvalue weighted by Crippen LogP contribution is -2.49. The van der Waals surface area contributed by atoms with Crippen LogP contribution in [0.1, 0.15) is 38.5 Å². The van der Waals surface area contributed by atoms with Crippen molar-refractivity contribution in [2.45, 2.75) is 50.2 Å². The molecule has 1 heterocycles. The van der Waals surface area contributed by atoms with E-state index in [1.807, 2.05) is 0 Å². The van der Waals surface area contributed by atoms with Crippen molar-refractivity contribution in [1.82, 2.24) is 0 Å². The molecule has 1 N–H and O–H groups in total. The quantitative estimate of drug-likeness (QED) is 0.575.